The van der Waals surface area contributed by atoms with Crippen molar-refractivity contribution in [3.05, 3.63) is 47.1 Å². The molecule has 3 rings (SSSR count). The summed E-state index contributed by atoms with van der Waals surface area (Å²) >= 11 is 7.45. The lowest BCUT2D eigenvalue weighted by molar-refractivity contribution is 0.0815. The molecule has 1 unspecified atom stereocenters. The zero-order valence-corrected chi connectivity index (χ0v) is 11.9. The van der Waals surface area contributed by atoms with Gasteiger partial charge in [0.25, 0.3) is 0 Å². The number of ketones is 1. The molecule has 4 nitrogen and oxygen atoms in total. The summed E-state index contributed by atoms with van der Waals surface area (Å²) in [4.78, 5) is 17.4. The number of halogens is 1. The van der Waals surface area contributed by atoms with Crippen LogP contribution in [0.15, 0.2) is 41.4 Å². The lowest BCUT2D eigenvalue weighted by Crippen LogP contribution is -2.33. The van der Waals surface area contributed by atoms with Gasteiger partial charge in [-0.15, -0.1) is 11.8 Å². The maximum Gasteiger partial charge on any atom is 0.207 e. The second kappa shape index (κ2) is 5.34. The Morgan fingerprint density at radius 2 is 2.25 bits per heavy atom. The largest absolute Gasteiger partial charge is 0.480 e. The number of fused-ring (bicyclic) bond motifs is 1. The van der Waals surface area contributed by atoms with Crippen molar-refractivity contribution in [2.24, 2.45) is 0 Å². The molecule has 0 saturated heterocycles. The fraction of sp³-hybridized carbons (Fsp3) is 0.143. The van der Waals surface area contributed by atoms with Crippen LogP contribution in [0.25, 0.3) is 0 Å². The Hall–Kier alpha value is -1.72. The Bertz CT molecular complexity index is 678. The normalized spacial score (nSPS) is 17.1. The molecule has 102 valence electrons. The van der Waals surface area contributed by atoms with E-state index in [0.29, 0.717) is 16.3 Å². The molecule has 6 heteroatoms. The minimum absolute atomic E-state index is 0.173. The highest BCUT2D eigenvalue weighted by Gasteiger charge is 2.29. The molecule has 2 N–H and O–H groups in total. The molecule has 1 aliphatic rings. The monoisotopic (exact) mass is 306 g/mol. The summed E-state index contributed by atoms with van der Waals surface area (Å²) in [6, 6.07) is 9.16. The molecule has 1 atom stereocenters. The Balaban J connectivity index is 1.88. The highest BCUT2D eigenvalue weighted by molar-refractivity contribution is 7.99. The number of carbonyl (C=O) groups excluding carboxylic acids is 1. The summed E-state index contributed by atoms with van der Waals surface area (Å²) in [5.74, 6) is 1.24. The summed E-state index contributed by atoms with van der Waals surface area (Å²) in [5.41, 5.74) is 6.05. The first-order valence-electron chi connectivity index (χ1n) is 5.99. The molecule has 1 aromatic heterocycles. The van der Waals surface area contributed by atoms with Crippen LogP contribution in [0.3, 0.4) is 0 Å². The van der Waals surface area contributed by atoms with Crippen LogP contribution in [0.5, 0.6) is 5.75 Å². The van der Waals surface area contributed by atoms with Crippen LogP contribution < -0.4 is 10.5 Å². The number of thioether (sulfide) groups is 1. The quantitative estimate of drug-likeness (QED) is 0.864. The SMILES string of the molecule is Nc1ncc(Cl)cc1C(=O)C1CSc2ccccc2O1. The Labute approximate surface area is 125 Å². The molecular weight excluding hydrogens is 296 g/mol. The fourth-order valence-corrected chi connectivity index (χ4v) is 3.11. The predicted octanol–water partition coefficient (Wildman–Crippen LogP) is 3.05. The molecule has 2 heterocycles. The number of ether oxygens (including phenoxy) is 1. The molecular formula is C14H11ClN2O2S. The second-order valence-corrected chi connectivity index (χ2v) is 5.81. The van der Waals surface area contributed by atoms with Crippen LogP contribution in [0, 0.1) is 0 Å². The minimum Gasteiger partial charge on any atom is -0.480 e. The van der Waals surface area contributed by atoms with Crippen LogP contribution in [0.2, 0.25) is 5.02 Å². The first kappa shape index (κ1) is 13.3. The number of Topliss-reactive ketones (excluding diaryl/α,β-unsaturated/α-hetero) is 1. The Kier molecular flexibility index (Phi) is 3.54. The van der Waals surface area contributed by atoms with Gasteiger partial charge in [-0.3, -0.25) is 4.79 Å². The van der Waals surface area contributed by atoms with Crippen LogP contribution in [-0.2, 0) is 0 Å². The average Bonchev–Trinajstić information content (AvgIpc) is 2.48. The van der Waals surface area contributed by atoms with Crippen molar-refractivity contribution in [2.75, 3.05) is 11.5 Å². The lowest BCUT2D eigenvalue weighted by Gasteiger charge is -2.24. The third kappa shape index (κ3) is 2.46. The molecule has 0 bridgehead atoms. The number of nitrogens with two attached hydrogens (primary N) is 1. The zero-order valence-electron chi connectivity index (χ0n) is 10.4. The number of nitrogen functional groups attached to an aromatic ring is 1. The molecule has 0 spiro atoms. The lowest BCUT2D eigenvalue weighted by atomic mass is 10.1. The summed E-state index contributed by atoms with van der Waals surface area (Å²) in [6.45, 7) is 0. The summed E-state index contributed by atoms with van der Waals surface area (Å²) < 4.78 is 5.75. The standard InChI is InChI=1S/C14H11ClN2O2S/c15-8-5-9(14(16)17-6-8)13(18)11-7-20-12-4-2-1-3-10(12)19-11/h1-6,11H,7H2,(H2,16,17). The summed E-state index contributed by atoms with van der Waals surface area (Å²) in [7, 11) is 0. The summed E-state index contributed by atoms with van der Waals surface area (Å²) in [5, 5.41) is 0.381. The van der Waals surface area contributed by atoms with Gasteiger partial charge in [0.05, 0.1) is 10.6 Å². The minimum atomic E-state index is -0.572. The number of pyridine rings is 1. The van der Waals surface area contributed by atoms with E-state index < -0.39 is 6.10 Å². The number of rotatable bonds is 2. The van der Waals surface area contributed by atoms with E-state index in [1.165, 1.54) is 12.3 Å². The number of anilines is 1. The van der Waals surface area contributed by atoms with Crippen molar-refractivity contribution in [2.45, 2.75) is 11.0 Å². The molecule has 0 fully saturated rings. The third-order valence-corrected chi connectivity index (χ3v) is 4.28. The first-order valence-corrected chi connectivity index (χ1v) is 7.35. The van der Waals surface area contributed by atoms with Gasteiger partial charge in [-0.2, -0.15) is 0 Å². The van der Waals surface area contributed by atoms with Gasteiger partial charge in [-0.25, -0.2) is 4.98 Å². The van der Waals surface area contributed by atoms with Gasteiger partial charge in [-0.05, 0) is 18.2 Å². The van der Waals surface area contributed by atoms with Crippen LogP contribution in [-0.4, -0.2) is 22.6 Å². The number of benzene rings is 1. The molecule has 1 aliphatic heterocycles. The number of aromatic nitrogens is 1. The van der Waals surface area contributed by atoms with Gasteiger partial charge in [-0.1, -0.05) is 23.7 Å². The van der Waals surface area contributed by atoms with E-state index >= 15 is 0 Å². The van der Waals surface area contributed by atoms with Crippen molar-refractivity contribution >= 4 is 35.0 Å². The molecule has 0 radical (unpaired) electrons. The Morgan fingerprint density at radius 1 is 1.45 bits per heavy atom. The van der Waals surface area contributed by atoms with Crippen LogP contribution in [0.4, 0.5) is 5.82 Å². The average molecular weight is 307 g/mol. The van der Waals surface area contributed by atoms with E-state index in [2.05, 4.69) is 4.98 Å². The third-order valence-electron chi connectivity index (χ3n) is 2.95. The van der Waals surface area contributed by atoms with Crippen LogP contribution >= 0.6 is 23.4 Å². The Morgan fingerprint density at radius 3 is 3.10 bits per heavy atom. The number of carbonyl (C=O) groups is 1. The number of para-hydroxylation sites is 1. The van der Waals surface area contributed by atoms with Gasteiger partial charge in [0.1, 0.15) is 11.6 Å². The molecule has 0 amide bonds. The summed E-state index contributed by atoms with van der Waals surface area (Å²) in [6.07, 6.45) is 0.844. The predicted molar refractivity (Wildman–Crippen MR) is 79.6 cm³/mol. The first-order chi connectivity index (χ1) is 9.65. The molecule has 0 saturated carbocycles. The molecule has 1 aromatic carbocycles. The maximum atomic E-state index is 12.5. The highest BCUT2D eigenvalue weighted by atomic mass is 35.5. The fourth-order valence-electron chi connectivity index (χ4n) is 1.97. The van der Waals surface area contributed by atoms with Crippen molar-refractivity contribution in [1.82, 2.24) is 4.98 Å². The van der Waals surface area contributed by atoms with E-state index in [1.807, 2.05) is 24.3 Å². The van der Waals surface area contributed by atoms with Crippen molar-refractivity contribution in [1.29, 1.82) is 0 Å². The van der Waals surface area contributed by atoms with E-state index in [9.17, 15) is 4.79 Å². The van der Waals surface area contributed by atoms with Gasteiger partial charge in [0.2, 0.25) is 5.78 Å². The van der Waals surface area contributed by atoms with E-state index in [1.54, 1.807) is 11.8 Å². The number of hydrogen-bond acceptors (Lipinski definition) is 5. The smallest absolute Gasteiger partial charge is 0.207 e. The number of nitrogens with zero attached hydrogens (tertiary/aromatic N) is 1. The zero-order chi connectivity index (χ0) is 14.1. The molecule has 0 aliphatic carbocycles. The second-order valence-electron chi connectivity index (χ2n) is 4.31. The maximum absolute atomic E-state index is 12.5. The van der Waals surface area contributed by atoms with Crippen molar-refractivity contribution in [3.8, 4) is 5.75 Å². The van der Waals surface area contributed by atoms with E-state index in [4.69, 9.17) is 22.1 Å². The van der Waals surface area contributed by atoms with Crippen LogP contribution in [0.1, 0.15) is 10.4 Å². The van der Waals surface area contributed by atoms with Gasteiger partial charge in [0, 0.05) is 16.8 Å². The van der Waals surface area contributed by atoms with Crippen molar-refractivity contribution in [3.63, 3.8) is 0 Å². The molecule has 20 heavy (non-hydrogen) atoms. The van der Waals surface area contributed by atoms with Crippen molar-refractivity contribution < 1.29 is 9.53 Å². The van der Waals surface area contributed by atoms with E-state index in [0.717, 1.165) is 10.6 Å². The van der Waals surface area contributed by atoms with Gasteiger partial charge >= 0.3 is 0 Å². The number of hydrogen-bond donors (Lipinski definition) is 1. The molecule has 2 aromatic rings. The highest BCUT2D eigenvalue weighted by Crippen LogP contribution is 2.36. The topological polar surface area (TPSA) is 65.2 Å². The van der Waals surface area contributed by atoms with Gasteiger partial charge in [0.15, 0.2) is 6.10 Å². The van der Waals surface area contributed by atoms with Gasteiger partial charge < -0.3 is 10.5 Å². The van der Waals surface area contributed by atoms with E-state index in [-0.39, 0.29) is 11.6 Å².